The zero-order valence-electron chi connectivity index (χ0n) is 17.3. The zero-order valence-corrected chi connectivity index (χ0v) is 7.16. The van der Waals surface area contributed by atoms with E-state index in [0.29, 0.717) is 6.26 Å². The van der Waals surface area contributed by atoms with Crippen molar-refractivity contribution in [2.45, 2.75) is 31.9 Å². The minimum Gasteiger partial charge on any atom is -0.270 e. The van der Waals surface area contributed by atoms with E-state index >= 15 is 0 Å². The van der Waals surface area contributed by atoms with Crippen LogP contribution < -0.4 is 0 Å². The van der Waals surface area contributed by atoms with E-state index in [1.54, 1.807) is 0 Å². The third-order valence-electron chi connectivity index (χ3n) is 0.969. The first-order valence-corrected chi connectivity index (χ1v) is 4.87. The molecule has 0 heterocycles. The van der Waals surface area contributed by atoms with Crippen molar-refractivity contribution in [3.05, 3.63) is 0 Å². The van der Waals surface area contributed by atoms with E-state index in [0.717, 1.165) is 0 Å². The summed E-state index contributed by atoms with van der Waals surface area (Å²) >= 11 is 0. The van der Waals surface area contributed by atoms with Gasteiger partial charge in [-0.1, -0.05) is 19.1 Å². The molecule has 0 aromatic rings. The quantitative estimate of drug-likeness (QED) is 0.654. The van der Waals surface area contributed by atoms with Crippen molar-refractivity contribution in [3.63, 3.8) is 0 Å². The molecule has 0 amide bonds. The maximum atomic E-state index is 11.1. The van der Waals surface area contributed by atoms with Gasteiger partial charge in [0.05, 0.1) is 12.9 Å². The fourth-order valence-electron chi connectivity index (χ4n) is 0.514. The highest BCUT2D eigenvalue weighted by molar-refractivity contribution is 7.85. The summed E-state index contributed by atoms with van der Waals surface area (Å²) in [5.41, 5.74) is 0. The molecule has 72 valence electrons. The predicted octanol–water partition coefficient (Wildman–Crippen LogP) is 1.54. The second-order valence-electron chi connectivity index (χ2n) is 2.07. The Labute approximate surface area is 89.7 Å². The van der Waals surface area contributed by atoms with Crippen LogP contribution in [-0.2, 0) is 14.3 Å². The summed E-state index contributed by atoms with van der Waals surface area (Å²) in [5.74, 6) is -3.37. The Balaban J connectivity index is 3.68. The molecule has 12 heavy (non-hydrogen) atoms. The van der Waals surface area contributed by atoms with E-state index in [1.807, 2.05) is 0 Å². The largest absolute Gasteiger partial charge is 0.270 e. The van der Waals surface area contributed by atoms with Crippen LogP contribution in [0.15, 0.2) is 0 Å². The second kappa shape index (κ2) is 4.23. The van der Waals surface area contributed by atoms with Crippen molar-refractivity contribution in [2.75, 3.05) is 12.9 Å². The lowest BCUT2D eigenvalue weighted by Crippen LogP contribution is -2.16. The normalized spacial score (nSPS) is 58.2. The molecule has 1 fully saturated rings. The predicted molar refractivity (Wildman–Crippen MR) is 47.4 cm³/mol. The fourth-order valence-corrected chi connectivity index (χ4v) is 0.846. The van der Waals surface area contributed by atoms with Crippen molar-refractivity contribution < 1.29 is 27.7 Å². The number of hydrogen-bond donors (Lipinski definition) is 0. The van der Waals surface area contributed by atoms with Crippen molar-refractivity contribution in [1.82, 2.24) is 0 Å². The Morgan fingerprint density at radius 2 is 2.08 bits per heavy atom. The van der Waals surface area contributed by atoms with E-state index < -0.39 is 54.5 Å². The molecule has 0 N–H and O–H groups in total. The molecule has 0 radical (unpaired) electrons. The first-order valence-electron chi connectivity index (χ1n) is 8.55. The lowest BCUT2D eigenvalue weighted by atomic mass is 9.90. The van der Waals surface area contributed by atoms with E-state index in [2.05, 4.69) is 4.18 Å². The van der Waals surface area contributed by atoms with E-state index in [9.17, 15) is 8.42 Å². The monoisotopic (exact) mass is 203 g/mol. The highest BCUT2D eigenvalue weighted by Gasteiger charge is 2.15. The topological polar surface area (TPSA) is 43.4 Å². The van der Waals surface area contributed by atoms with E-state index in [-0.39, 0.29) is 0 Å². The van der Waals surface area contributed by atoms with Crippen LogP contribution in [0.4, 0.5) is 0 Å². The average Bonchev–Trinajstić information content (AvgIpc) is 2.32. The molecule has 0 saturated heterocycles. The van der Waals surface area contributed by atoms with Gasteiger partial charge in [-0.3, -0.25) is 4.18 Å². The number of rotatable bonds is 3. The van der Waals surface area contributed by atoms with E-state index in [1.165, 1.54) is 0 Å². The summed E-state index contributed by atoms with van der Waals surface area (Å²) in [4.78, 5) is 0. The molecular weight excluding hydrogens is 176 g/mol. The minimum absolute atomic E-state index is 0.548. The number of hydrogen-bond acceptors (Lipinski definition) is 3. The van der Waals surface area contributed by atoms with Crippen molar-refractivity contribution in [3.8, 4) is 0 Å². The molecule has 0 aliphatic heterocycles. The van der Waals surface area contributed by atoms with Crippen LogP contribution in [0.1, 0.15) is 46.9 Å². The fraction of sp³-hybridized carbons (Fsp3) is 1.00. The molecule has 0 aromatic heterocycles. The Morgan fingerprint density at radius 3 is 2.58 bits per heavy atom. The molecule has 4 heteroatoms. The van der Waals surface area contributed by atoms with Crippen LogP contribution in [0.2, 0.25) is 0 Å². The Bertz CT molecular complexity index is 566. The molecule has 3 nitrogen and oxygen atoms in total. The molecule has 1 rings (SSSR count). The highest BCUT2D eigenvalue weighted by Crippen LogP contribution is 2.23. The maximum Gasteiger partial charge on any atom is 0.264 e. The van der Waals surface area contributed by atoms with Gasteiger partial charge in [-0.2, -0.15) is 8.42 Å². The van der Waals surface area contributed by atoms with Gasteiger partial charge in [0.15, 0.2) is 0 Å². The second-order valence-corrected chi connectivity index (χ2v) is 3.71. The van der Waals surface area contributed by atoms with Crippen LogP contribution in [0.25, 0.3) is 0 Å². The summed E-state index contributed by atoms with van der Waals surface area (Å²) in [6.45, 7) is -1.51. The highest BCUT2D eigenvalue weighted by atomic mass is 32.2. The molecular formula is C8H16O3S. The Kier molecular flexibility index (Phi) is 0.953. The van der Waals surface area contributed by atoms with Crippen LogP contribution in [0.3, 0.4) is 0 Å². The molecule has 0 atom stereocenters. The lowest BCUT2D eigenvalue weighted by molar-refractivity contribution is 0.215. The maximum absolute atomic E-state index is 11.1. The first-order chi connectivity index (χ1) is 9.71. The summed E-state index contributed by atoms with van der Waals surface area (Å²) in [6.07, 6.45) is -17.6. The molecule has 0 aromatic carbocycles. The van der Waals surface area contributed by atoms with Gasteiger partial charge in [0.2, 0.25) is 0 Å². The van der Waals surface area contributed by atoms with Gasteiger partial charge in [0, 0.05) is 15.1 Å². The van der Waals surface area contributed by atoms with Gasteiger partial charge in [0.25, 0.3) is 10.1 Å². The third-order valence-corrected chi connectivity index (χ3v) is 1.52. The standard InChI is InChI=1S/C8H16O3S/c1-12(9,10)11-7-8-5-3-2-4-6-8/h8H,2-7H2,1H3/i2D2,3D2,4D2,5D2,6D2,8D. The zero-order chi connectivity index (χ0) is 18.9. The van der Waals surface area contributed by atoms with Gasteiger partial charge >= 0.3 is 0 Å². The molecule has 1 aliphatic carbocycles. The summed E-state index contributed by atoms with van der Waals surface area (Å²) < 4.78 is 111. The molecule has 1 aliphatic rings. The average molecular weight is 203 g/mol. The van der Waals surface area contributed by atoms with Gasteiger partial charge in [-0.25, -0.2) is 0 Å². The SMILES string of the molecule is [2H]C1([2H])C([2H])([2H])C([2H])([2H])C([2H])(COS(C)(=O)=O)C([2H])([2H])C1([2H])[2H]. The Morgan fingerprint density at radius 1 is 1.50 bits per heavy atom. The Hall–Kier alpha value is -0.0900. The molecule has 0 spiro atoms. The summed E-state index contributed by atoms with van der Waals surface area (Å²) in [7, 11) is -4.26. The van der Waals surface area contributed by atoms with Crippen LogP contribution >= 0.6 is 0 Å². The third kappa shape index (κ3) is 4.07. The van der Waals surface area contributed by atoms with Gasteiger partial charge in [-0.05, 0) is 18.6 Å². The van der Waals surface area contributed by atoms with Gasteiger partial charge < -0.3 is 0 Å². The molecule has 0 bridgehead atoms. The van der Waals surface area contributed by atoms with Crippen molar-refractivity contribution in [2.24, 2.45) is 5.89 Å². The van der Waals surface area contributed by atoms with Crippen LogP contribution in [0, 0.1) is 5.89 Å². The van der Waals surface area contributed by atoms with Gasteiger partial charge in [-0.15, -0.1) is 0 Å². The molecule has 0 unspecified atom stereocenters. The molecule has 1 saturated carbocycles. The minimum atomic E-state index is -4.26. The smallest absolute Gasteiger partial charge is 0.264 e. The van der Waals surface area contributed by atoms with Crippen molar-refractivity contribution >= 4 is 10.1 Å². The summed E-state index contributed by atoms with van der Waals surface area (Å²) in [5, 5.41) is 0. The first kappa shape index (κ1) is 2.70. The van der Waals surface area contributed by atoms with E-state index in [4.69, 9.17) is 15.1 Å². The van der Waals surface area contributed by atoms with Gasteiger partial charge in [0.1, 0.15) is 0 Å². The lowest BCUT2D eigenvalue weighted by Gasteiger charge is -2.20. The van der Waals surface area contributed by atoms with Crippen LogP contribution in [0.5, 0.6) is 0 Å². The summed E-state index contributed by atoms with van der Waals surface area (Å²) in [6, 6.07) is 0. The van der Waals surface area contributed by atoms with Crippen LogP contribution in [-0.4, -0.2) is 21.3 Å². The van der Waals surface area contributed by atoms with Crippen molar-refractivity contribution in [1.29, 1.82) is 0 Å².